The minimum atomic E-state index is 0.565. The summed E-state index contributed by atoms with van der Waals surface area (Å²) in [5, 5.41) is 3.55. The van der Waals surface area contributed by atoms with Crippen molar-refractivity contribution in [3.8, 4) is 5.75 Å². The van der Waals surface area contributed by atoms with Gasteiger partial charge >= 0.3 is 0 Å². The highest BCUT2D eigenvalue weighted by Gasteiger charge is 2.20. The summed E-state index contributed by atoms with van der Waals surface area (Å²) in [4.78, 5) is 4.12. The second-order valence-corrected chi connectivity index (χ2v) is 5.37. The zero-order valence-electron chi connectivity index (χ0n) is 11.8. The van der Waals surface area contributed by atoms with Crippen LogP contribution in [0.2, 0.25) is 0 Å². The van der Waals surface area contributed by atoms with Crippen LogP contribution in [-0.4, -0.2) is 11.0 Å². The molecule has 1 saturated carbocycles. The van der Waals surface area contributed by atoms with Gasteiger partial charge in [0.1, 0.15) is 12.4 Å². The Morgan fingerprint density at radius 3 is 2.90 bits per heavy atom. The third kappa shape index (κ3) is 3.36. The van der Waals surface area contributed by atoms with E-state index in [-0.39, 0.29) is 0 Å². The monoisotopic (exact) mass is 268 g/mol. The molecule has 20 heavy (non-hydrogen) atoms. The van der Waals surface area contributed by atoms with Gasteiger partial charge in [-0.15, -0.1) is 0 Å². The van der Waals surface area contributed by atoms with Crippen molar-refractivity contribution in [2.24, 2.45) is 0 Å². The Labute approximate surface area is 120 Å². The van der Waals surface area contributed by atoms with Gasteiger partial charge in [0.2, 0.25) is 0 Å². The number of nitrogens with one attached hydrogen (secondary N) is 1. The lowest BCUT2D eigenvalue weighted by molar-refractivity contribution is 0.299. The molecule has 1 aromatic heterocycles. The molecule has 0 amide bonds. The van der Waals surface area contributed by atoms with E-state index in [1.807, 2.05) is 18.3 Å². The Morgan fingerprint density at radius 2 is 2.15 bits per heavy atom. The number of para-hydroxylation sites is 1. The van der Waals surface area contributed by atoms with Crippen LogP contribution in [-0.2, 0) is 13.2 Å². The molecule has 3 rings (SSSR count). The molecule has 0 atom stereocenters. The molecule has 1 heterocycles. The summed E-state index contributed by atoms with van der Waals surface area (Å²) in [5.74, 6) is 1.00. The fraction of sp³-hybridized carbons (Fsp3) is 0.353. The molecule has 0 radical (unpaired) electrons. The number of ether oxygens (including phenoxy) is 1. The van der Waals surface area contributed by atoms with Crippen LogP contribution in [0.25, 0.3) is 0 Å². The topological polar surface area (TPSA) is 34.1 Å². The Kier molecular flexibility index (Phi) is 3.97. The quantitative estimate of drug-likeness (QED) is 0.873. The van der Waals surface area contributed by atoms with Crippen molar-refractivity contribution in [1.29, 1.82) is 0 Å². The Balaban J connectivity index is 1.69. The van der Waals surface area contributed by atoms with Gasteiger partial charge in [0.05, 0.1) is 0 Å². The van der Waals surface area contributed by atoms with Crippen molar-refractivity contribution < 1.29 is 4.74 Å². The zero-order valence-corrected chi connectivity index (χ0v) is 11.8. The van der Waals surface area contributed by atoms with E-state index in [0.29, 0.717) is 12.6 Å². The minimum Gasteiger partial charge on any atom is -0.488 e. The maximum atomic E-state index is 6.03. The predicted octanol–water partition coefficient (Wildman–Crippen LogP) is 3.22. The number of hydrogen-bond donors (Lipinski definition) is 1. The van der Waals surface area contributed by atoms with Crippen LogP contribution in [0.1, 0.15) is 29.5 Å². The van der Waals surface area contributed by atoms with E-state index in [1.54, 1.807) is 6.20 Å². The highest BCUT2D eigenvalue weighted by Crippen LogP contribution is 2.26. The van der Waals surface area contributed by atoms with Gasteiger partial charge in [-0.05, 0) is 31.4 Å². The lowest BCUT2D eigenvalue weighted by Crippen LogP contribution is -2.16. The molecule has 3 heteroatoms. The number of rotatable bonds is 6. The Morgan fingerprint density at radius 1 is 1.25 bits per heavy atom. The molecule has 0 unspecified atom stereocenters. The number of benzene rings is 1. The van der Waals surface area contributed by atoms with Crippen molar-refractivity contribution in [2.45, 2.75) is 39.0 Å². The standard InChI is InChI=1S/C17H20N2O/c1-13-4-2-6-15(11-19-16-7-8-16)17(13)20-12-14-5-3-9-18-10-14/h2-6,9-10,16,19H,7-8,11-12H2,1H3. The van der Waals surface area contributed by atoms with Crippen molar-refractivity contribution in [3.05, 3.63) is 59.4 Å². The van der Waals surface area contributed by atoms with Crippen molar-refractivity contribution >= 4 is 0 Å². The molecule has 0 aliphatic heterocycles. The van der Waals surface area contributed by atoms with Crippen LogP contribution in [0.15, 0.2) is 42.7 Å². The van der Waals surface area contributed by atoms with E-state index in [1.165, 1.54) is 24.0 Å². The first-order valence-corrected chi connectivity index (χ1v) is 7.16. The minimum absolute atomic E-state index is 0.565. The molecule has 1 fully saturated rings. The smallest absolute Gasteiger partial charge is 0.127 e. The van der Waals surface area contributed by atoms with Crippen LogP contribution in [0.5, 0.6) is 5.75 Å². The number of aryl methyl sites for hydroxylation is 1. The summed E-state index contributed by atoms with van der Waals surface area (Å²) in [6, 6.07) is 11.0. The first-order valence-electron chi connectivity index (χ1n) is 7.16. The van der Waals surface area contributed by atoms with Crippen LogP contribution in [0.3, 0.4) is 0 Å². The van der Waals surface area contributed by atoms with Gasteiger partial charge in [0.25, 0.3) is 0 Å². The molecule has 0 bridgehead atoms. The first-order chi connectivity index (χ1) is 9.83. The first kappa shape index (κ1) is 13.1. The van der Waals surface area contributed by atoms with Crippen LogP contribution in [0.4, 0.5) is 0 Å². The lowest BCUT2D eigenvalue weighted by Gasteiger charge is -2.14. The molecule has 0 spiro atoms. The molecule has 1 N–H and O–H groups in total. The SMILES string of the molecule is Cc1cccc(CNC2CC2)c1OCc1cccnc1. The van der Waals surface area contributed by atoms with E-state index >= 15 is 0 Å². The largest absolute Gasteiger partial charge is 0.488 e. The summed E-state index contributed by atoms with van der Waals surface area (Å²) in [6.45, 7) is 3.54. The second kappa shape index (κ2) is 6.06. The molecule has 3 nitrogen and oxygen atoms in total. The predicted molar refractivity (Wildman–Crippen MR) is 79.6 cm³/mol. The highest BCUT2D eigenvalue weighted by molar-refractivity contribution is 5.41. The lowest BCUT2D eigenvalue weighted by atomic mass is 10.1. The summed E-state index contributed by atoms with van der Waals surface area (Å²) >= 11 is 0. The van der Waals surface area contributed by atoms with Gasteiger partial charge < -0.3 is 10.1 Å². The van der Waals surface area contributed by atoms with Gasteiger partial charge in [0, 0.05) is 36.1 Å². The van der Waals surface area contributed by atoms with Crippen LogP contribution in [0, 0.1) is 6.92 Å². The van der Waals surface area contributed by atoms with Gasteiger partial charge in [-0.25, -0.2) is 0 Å². The fourth-order valence-electron chi connectivity index (χ4n) is 2.24. The number of pyridine rings is 1. The Bertz CT molecular complexity index is 564. The molecule has 1 aliphatic rings. The molecular weight excluding hydrogens is 248 g/mol. The van der Waals surface area contributed by atoms with Crippen LogP contribution < -0.4 is 10.1 Å². The molecule has 104 valence electrons. The summed E-state index contributed by atoms with van der Waals surface area (Å²) in [5.41, 5.74) is 3.52. The average Bonchev–Trinajstić information content (AvgIpc) is 3.29. The molecule has 1 aliphatic carbocycles. The average molecular weight is 268 g/mol. The summed E-state index contributed by atoms with van der Waals surface area (Å²) in [6.07, 6.45) is 6.23. The molecule has 0 saturated heterocycles. The van der Waals surface area contributed by atoms with Gasteiger partial charge in [0.15, 0.2) is 0 Å². The van der Waals surface area contributed by atoms with Gasteiger partial charge in [-0.2, -0.15) is 0 Å². The van der Waals surface area contributed by atoms with Crippen LogP contribution >= 0.6 is 0 Å². The van der Waals surface area contributed by atoms with Crippen molar-refractivity contribution in [1.82, 2.24) is 10.3 Å². The number of nitrogens with zero attached hydrogens (tertiary/aromatic N) is 1. The van der Waals surface area contributed by atoms with Gasteiger partial charge in [-0.1, -0.05) is 24.3 Å². The summed E-state index contributed by atoms with van der Waals surface area (Å²) < 4.78 is 6.03. The number of hydrogen-bond acceptors (Lipinski definition) is 3. The maximum Gasteiger partial charge on any atom is 0.127 e. The third-order valence-corrected chi connectivity index (χ3v) is 3.56. The number of aromatic nitrogens is 1. The normalized spacial score (nSPS) is 14.2. The van der Waals surface area contributed by atoms with Crippen molar-refractivity contribution in [2.75, 3.05) is 0 Å². The van der Waals surface area contributed by atoms with Gasteiger partial charge in [-0.3, -0.25) is 4.98 Å². The van der Waals surface area contributed by atoms with E-state index < -0.39 is 0 Å². The Hall–Kier alpha value is -1.87. The van der Waals surface area contributed by atoms with E-state index in [9.17, 15) is 0 Å². The third-order valence-electron chi connectivity index (χ3n) is 3.56. The van der Waals surface area contributed by atoms with Crippen molar-refractivity contribution in [3.63, 3.8) is 0 Å². The highest BCUT2D eigenvalue weighted by atomic mass is 16.5. The molecule has 1 aromatic carbocycles. The summed E-state index contributed by atoms with van der Waals surface area (Å²) in [7, 11) is 0. The van der Waals surface area contributed by atoms with E-state index in [2.05, 4.69) is 35.4 Å². The molecular formula is C17H20N2O. The zero-order chi connectivity index (χ0) is 13.8. The fourth-order valence-corrected chi connectivity index (χ4v) is 2.24. The maximum absolute atomic E-state index is 6.03. The molecule has 2 aromatic rings. The van der Waals surface area contributed by atoms with E-state index in [0.717, 1.165) is 17.9 Å². The van der Waals surface area contributed by atoms with E-state index in [4.69, 9.17) is 4.74 Å². The second-order valence-electron chi connectivity index (χ2n) is 5.37.